The lowest BCUT2D eigenvalue weighted by Gasteiger charge is -2.02. The lowest BCUT2D eigenvalue weighted by Crippen LogP contribution is -2.07. The zero-order valence-electron chi connectivity index (χ0n) is 11.2. The zero-order chi connectivity index (χ0) is 14.4. The smallest absolute Gasteiger partial charge is 0.248 e. The summed E-state index contributed by atoms with van der Waals surface area (Å²) in [6, 6.07) is 16.4. The van der Waals surface area contributed by atoms with Crippen molar-refractivity contribution in [3.63, 3.8) is 0 Å². The highest BCUT2D eigenvalue weighted by atomic mass is 16.1. The lowest BCUT2D eigenvalue weighted by molar-refractivity contribution is -0.111. The second-order valence-corrected chi connectivity index (χ2v) is 4.37. The second kappa shape index (κ2) is 6.48. The predicted octanol–water partition coefficient (Wildman–Crippen LogP) is 3.54. The zero-order valence-corrected chi connectivity index (χ0v) is 11.2. The Kier molecular flexibility index (Phi) is 4.45. The molecular weight excluding hydrogens is 250 g/mol. The molecule has 1 N–H and O–H groups in total. The average molecular weight is 265 g/mol. The largest absolute Gasteiger partial charge is 0.323 e. The topological polar surface area (TPSA) is 46.2 Å². The van der Waals surface area contributed by atoms with Crippen LogP contribution in [0.2, 0.25) is 0 Å². The molecule has 0 radical (unpaired) electrons. The predicted molar refractivity (Wildman–Crippen MR) is 80.6 cm³/mol. The number of amides is 1. The van der Waals surface area contributed by atoms with E-state index >= 15 is 0 Å². The minimum absolute atomic E-state index is 0.00634. The first-order valence-corrected chi connectivity index (χ1v) is 6.30. The summed E-state index contributed by atoms with van der Waals surface area (Å²) >= 11 is 0. The van der Waals surface area contributed by atoms with E-state index in [0.29, 0.717) is 11.3 Å². The average Bonchev–Trinajstić information content (AvgIpc) is 2.47. The Balaban J connectivity index is 1.98. The highest BCUT2D eigenvalue weighted by Crippen LogP contribution is 2.10. The van der Waals surface area contributed by atoms with E-state index in [2.05, 4.69) is 5.32 Å². The third-order valence-corrected chi connectivity index (χ3v) is 2.79. The second-order valence-electron chi connectivity index (χ2n) is 4.37. The maximum absolute atomic E-state index is 11.7. The highest BCUT2D eigenvalue weighted by molar-refractivity contribution is 6.02. The molecule has 2 aromatic carbocycles. The molecule has 3 heteroatoms. The molecule has 0 fully saturated rings. The van der Waals surface area contributed by atoms with Crippen LogP contribution in [-0.4, -0.2) is 11.7 Å². The molecule has 3 nitrogen and oxygen atoms in total. The molecule has 0 saturated carbocycles. The summed E-state index contributed by atoms with van der Waals surface area (Å²) in [4.78, 5) is 22.9. The number of nitrogens with one attached hydrogen (secondary N) is 1. The number of hydrogen-bond donors (Lipinski definition) is 1. The Morgan fingerprint density at radius 3 is 2.20 bits per heavy atom. The molecule has 100 valence electrons. The molecule has 0 saturated heterocycles. The van der Waals surface area contributed by atoms with E-state index in [1.54, 1.807) is 30.3 Å². The van der Waals surface area contributed by atoms with E-state index in [0.717, 1.165) is 5.56 Å². The number of rotatable bonds is 4. The number of hydrogen-bond acceptors (Lipinski definition) is 2. The van der Waals surface area contributed by atoms with Crippen molar-refractivity contribution in [2.45, 2.75) is 6.92 Å². The van der Waals surface area contributed by atoms with E-state index in [4.69, 9.17) is 0 Å². The van der Waals surface area contributed by atoms with Gasteiger partial charge in [-0.1, -0.05) is 30.3 Å². The van der Waals surface area contributed by atoms with Gasteiger partial charge in [-0.2, -0.15) is 0 Å². The minimum atomic E-state index is -0.204. The van der Waals surface area contributed by atoms with Gasteiger partial charge in [0.25, 0.3) is 0 Å². The fourth-order valence-electron chi connectivity index (χ4n) is 1.71. The number of Topliss-reactive ketones (excluding diaryl/α,β-unsaturated/α-hetero) is 1. The van der Waals surface area contributed by atoms with Crippen LogP contribution in [0.4, 0.5) is 5.69 Å². The number of anilines is 1. The maximum Gasteiger partial charge on any atom is 0.248 e. The van der Waals surface area contributed by atoms with Gasteiger partial charge in [0.1, 0.15) is 0 Å². The van der Waals surface area contributed by atoms with Gasteiger partial charge in [-0.3, -0.25) is 9.59 Å². The lowest BCUT2D eigenvalue weighted by atomic mass is 10.1. The highest BCUT2D eigenvalue weighted by Gasteiger charge is 2.00. The quantitative estimate of drug-likeness (QED) is 0.679. The van der Waals surface area contributed by atoms with E-state index < -0.39 is 0 Å². The van der Waals surface area contributed by atoms with Gasteiger partial charge >= 0.3 is 0 Å². The Hall–Kier alpha value is -2.68. The summed E-state index contributed by atoms with van der Waals surface area (Å²) in [5, 5.41) is 2.74. The van der Waals surface area contributed by atoms with Crippen molar-refractivity contribution in [2.24, 2.45) is 0 Å². The van der Waals surface area contributed by atoms with Gasteiger partial charge in [0.15, 0.2) is 5.78 Å². The number of carbonyl (C=O) groups is 2. The van der Waals surface area contributed by atoms with Crippen LogP contribution in [0.15, 0.2) is 60.7 Å². The van der Waals surface area contributed by atoms with Crippen molar-refractivity contribution in [3.05, 3.63) is 71.8 Å². The summed E-state index contributed by atoms with van der Waals surface area (Å²) in [5.41, 5.74) is 2.26. The van der Waals surface area contributed by atoms with Crippen LogP contribution in [0.5, 0.6) is 0 Å². The first-order chi connectivity index (χ1) is 9.65. The van der Waals surface area contributed by atoms with E-state index in [-0.39, 0.29) is 11.7 Å². The third kappa shape index (κ3) is 3.92. The van der Waals surface area contributed by atoms with Crippen LogP contribution in [0, 0.1) is 0 Å². The summed E-state index contributed by atoms with van der Waals surface area (Å²) in [6.45, 7) is 1.51. The van der Waals surface area contributed by atoms with E-state index in [1.807, 2.05) is 30.3 Å². The first-order valence-electron chi connectivity index (χ1n) is 6.30. The number of ketones is 1. The summed E-state index contributed by atoms with van der Waals surface area (Å²) < 4.78 is 0. The molecule has 0 aliphatic rings. The minimum Gasteiger partial charge on any atom is -0.323 e. The Morgan fingerprint density at radius 1 is 0.950 bits per heavy atom. The van der Waals surface area contributed by atoms with Crippen molar-refractivity contribution >= 4 is 23.5 Å². The monoisotopic (exact) mass is 265 g/mol. The molecule has 2 aromatic rings. The molecule has 0 atom stereocenters. The number of carbonyl (C=O) groups excluding carboxylic acids is 2. The van der Waals surface area contributed by atoms with Gasteiger partial charge in [0.2, 0.25) is 5.91 Å². The fourth-order valence-corrected chi connectivity index (χ4v) is 1.71. The van der Waals surface area contributed by atoms with Crippen molar-refractivity contribution < 1.29 is 9.59 Å². The van der Waals surface area contributed by atoms with Gasteiger partial charge in [0, 0.05) is 17.3 Å². The molecule has 20 heavy (non-hydrogen) atoms. The normalized spacial score (nSPS) is 10.4. The number of benzene rings is 2. The Labute approximate surface area is 117 Å². The molecule has 0 unspecified atom stereocenters. The van der Waals surface area contributed by atoms with Gasteiger partial charge in [0.05, 0.1) is 0 Å². The molecular formula is C17H15NO2. The van der Waals surface area contributed by atoms with Crippen molar-refractivity contribution in [2.75, 3.05) is 5.32 Å². The van der Waals surface area contributed by atoms with E-state index in [1.165, 1.54) is 13.0 Å². The van der Waals surface area contributed by atoms with E-state index in [9.17, 15) is 9.59 Å². The van der Waals surface area contributed by atoms with Gasteiger partial charge in [-0.05, 0) is 42.8 Å². The van der Waals surface area contributed by atoms with Crippen LogP contribution in [0.25, 0.3) is 6.08 Å². The van der Waals surface area contributed by atoms with Gasteiger partial charge in [-0.15, -0.1) is 0 Å². The van der Waals surface area contributed by atoms with Crippen LogP contribution in [-0.2, 0) is 4.79 Å². The third-order valence-electron chi connectivity index (χ3n) is 2.79. The van der Waals surface area contributed by atoms with Crippen molar-refractivity contribution in [1.29, 1.82) is 0 Å². The van der Waals surface area contributed by atoms with Crippen LogP contribution in [0.3, 0.4) is 0 Å². The summed E-state index contributed by atoms with van der Waals surface area (Å²) in [6.07, 6.45) is 3.23. The van der Waals surface area contributed by atoms with Crippen molar-refractivity contribution in [1.82, 2.24) is 0 Å². The van der Waals surface area contributed by atoms with Gasteiger partial charge < -0.3 is 5.32 Å². The SMILES string of the molecule is CC(=O)c1ccc(NC(=O)/C=C/c2ccccc2)cc1. The molecule has 0 spiro atoms. The molecule has 0 bridgehead atoms. The maximum atomic E-state index is 11.7. The molecule has 2 rings (SSSR count). The molecule has 0 aromatic heterocycles. The molecule has 1 amide bonds. The molecule has 0 heterocycles. The van der Waals surface area contributed by atoms with Crippen LogP contribution in [0.1, 0.15) is 22.8 Å². The summed E-state index contributed by atoms with van der Waals surface area (Å²) in [7, 11) is 0. The van der Waals surface area contributed by atoms with Gasteiger partial charge in [-0.25, -0.2) is 0 Å². The Morgan fingerprint density at radius 2 is 1.60 bits per heavy atom. The Bertz CT molecular complexity index is 628. The molecule has 0 aliphatic heterocycles. The van der Waals surface area contributed by atoms with Crippen LogP contribution < -0.4 is 5.32 Å². The summed E-state index contributed by atoms with van der Waals surface area (Å²) in [5.74, 6) is -0.198. The van der Waals surface area contributed by atoms with Crippen molar-refractivity contribution in [3.8, 4) is 0 Å². The molecule has 0 aliphatic carbocycles. The fraction of sp³-hybridized carbons (Fsp3) is 0.0588. The van der Waals surface area contributed by atoms with Crippen LogP contribution >= 0.6 is 0 Å². The first kappa shape index (κ1) is 13.7. The standard InChI is InChI=1S/C17H15NO2/c1-13(19)15-8-10-16(11-9-15)18-17(20)12-7-14-5-3-2-4-6-14/h2-12H,1H3,(H,18,20)/b12-7+.